The summed E-state index contributed by atoms with van der Waals surface area (Å²) >= 11 is 0. The molecule has 72 heavy (non-hydrogen) atoms. The minimum absolute atomic E-state index is 0. The van der Waals surface area contributed by atoms with Gasteiger partial charge in [0.25, 0.3) is 0 Å². The maximum Gasteiger partial charge on any atom is 0.508 e. The Morgan fingerprint density at radius 2 is 0.944 bits per heavy atom. The van der Waals surface area contributed by atoms with Crippen LogP contribution in [0.3, 0.4) is 0 Å². The van der Waals surface area contributed by atoms with Gasteiger partial charge in [-0.25, -0.2) is 19.2 Å². The first-order valence-electron chi connectivity index (χ1n) is 21.6. The van der Waals surface area contributed by atoms with Crippen LogP contribution in [0.2, 0.25) is 0 Å². The highest BCUT2D eigenvalue weighted by molar-refractivity contribution is 5.80. The lowest BCUT2D eigenvalue weighted by atomic mass is 9.93. The van der Waals surface area contributed by atoms with E-state index in [0.29, 0.717) is 6.61 Å². The first kappa shape index (κ1) is 66.9. The molecule has 4 rings (SSSR count). The van der Waals surface area contributed by atoms with Crippen molar-refractivity contribution in [1.82, 2.24) is 0 Å². The van der Waals surface area contributed by atoms with Crippen LogP contribution < -0.4 is 0 Å². The van der Waals surface area contributed by atoms with Crippen molar-refractivity contribution in [2.75, 3.05) is 79.3 Å². The van der Waals surface area contributed by atoms with Gasteiger partial charge in [0.2, 0.25) is 0 Å². The molecule has 0 radical (unpaired) electrons. The SMILES string of the molecule is C.C.C=CCOC(=O)C(C)(CO)COC(=O)OCC(C)(COC(=O)OCc1ccccc1)C(=O)OCC.C=CCOC(=O)C1(C)COC(=O)OC1.CCOC(=O)C1(C)COC(=O)OC1.OCc1ccccc1. The number of ether oxygens (including phenoxy) is 12. The predicted octanol–water partition coefficient (Wildman–Crippen LogP) is 6.85. The largest absolute Gasteiger partial charge is 0.508 e. The van der Waals surface area contributed by atoms with E-state index in [1.807, 2.05) is 36.4 Å². The molecular formula is C50H72O22. The number of aliphatic hydroxyl groups is 2. The molecule has 0 spiro atoms. The van der Waals surface area contributed by atoms with E-state index in [2.05, 4.69) is 32.1 Å². The highest BCUT2D eigenvalue weighted by Crippen LogP contribution is 2.26. The molecule has 2 aromatic carbocycles. The topological polar surface area (TPSA) is 288 Å². The zero-order valence-electron chi connectivity index (χ0n) is 40.3. The third-order valence-electron chi connectivity index (χ3n) is 9.32. The number of hydrogen-bond acceptors (Lipinski definition) is 22. The monoisotopic (exact) mass is 1020 g/mol. The average molecular weight is 1030 g/mol. The number of carbonyl (C=O) groups is 8. The quantitative estimate of drug-likeness (QED) is 0.0778. The van der Waals surface area contributed by atoms with Gasteiger partial charge in [-0.2, -0.15) is 0 Å². The molecule has 2 N–H and O–H groups in total. The van der Waals surface area contributed by atoms with Crippen LogP contribution in [0.5, 0.6) is 0 Å². The van der Waals surface area contributed by atoms with Gasteiger partial charge in [-0.1, -0.05) is 101 Å². The van der Waals surface area contributed by atoms with Gasteiger partial charge in [-0.15, -0.1) is 0 Å². The van der Waals surface area contributed by atoms with Crippen molar-refractivity contribution in [3.05, 3.63) is 97.1 Å². The molecule has 0 amide bonds. The third kappa shape index (κ3) is 24.6. The summed E-state index contributed by atoms with van der Waals surface area (Å²) in [7, 11) is 0. The highest BCUT2D eigenvalue weighted by Gasteiger charge is 2.43. The van der Waals surface area contributed by atoms with Gasteiger partial charge >= 0.3 is 48.5 Å². The zero-order valence-corrected chi connectivity index (χ0v) is 40.3. The molecule has 2 aliphatic rings. The summed E-state index contributed by atoms with van der Waals surface area (Å²) in [5.74, 6) is -2.43. The smallest absolute Gasteiger partial charge is 0.465 e. The van der Waals surface area contributed by atoms with Crippen LogP contribution >= 0.6 is 0 Å². The van der Waals surface area contributed by atoms with Gasteiger partial charge in [-0.3, -0.25) is 19.2 Å². The summed E-state index contributed by atoms with van der Waals surface area (Å²) in [5.41, 5.74) is -3.15. The van der Waals surface area contributed by atoms with Crippen LogP contribution in [0.15, 0.2) is 86.0 Å². The fourth-order valence-electron chi connectivity index (χ4n) is 4.87. The van der Waals surface area contributed by atoms with E-state index in [0.717, 1.165) is 11.1 Å². The number of hydrogen-bond donors (Lipinski definition) is 2. The van der Waals surface area contributed by atoms with Crippen molar-refractivity contribution >= 4 is 48.5 Å². The maximum atomic E-state index is 12.4. The van der Waals surface area contributed by atoms with E-state index in [4.69, 9.17) is 43.0 Å². The molecule has 2 fully saturated rings. The Morgan fingerprint density at radius 1 is 0.569 bits per heavy atom. The maximum absolute atomic E-state index is 12.4. The molecule has 22 heteroatoms. The average Bonchev–Trinajstić information content (AvgIpc) is 3.37. The molecule has 2 aromatic rings. The van der Waals surface area contributed by atoms with E-state index in [1.54, 1.807) is 52.0 Å². The second-order valence-electron chi connectivity index (χ2n) is 16.1. The molecule has 2 unspecified atom stereocenters. The Labute approximate surface area is 420 Å². The molecule has 2 heterocycles. The minimum Gasteiger partial charge on any atom is -0.465 e. The van der Waals surface area contributed by atoms with E-state index in [9.17, 15) is 43.5 Å². The van der Waals surface area contributed by atoms with Crippen molar-refractivity contribution < 1.29 is 105 Å². The Balaban J connectivity index is 0. The summed E-state index contributed by atoms with van der Waals surface area (Å²) in [6, 6.07) is 18.4. The molecular weight excluding hydrogens is 953 g/mol. The fraction of sp³-hybridized carbons (Fsp3) is 0.520. The van der Waals surface area contributed by atoms with E-state index < -0.39 is 96.6 Å². The van der Waals surface area contributed by atoms with Gasteiger partial charge in [0.05, 0.1) is 26.4 Å². The van der Waals surface area contributed by atoms with Crippen molar-refractivity contribution in [3.8, 4) is 0 Å². The number of rotatable bonds is 20. The zero-order chi connectivity index (χ0) is 52.6. The van der Waals surface area contributed by atoms with Crippen LogP contribution in [0.4, 0.5) is 19.2 Å². The standard InChI is InChI=1S/C24H32O11.C9H12O5.C8H12O5.C7H8O.2CH4/c1-5-12-31-19(26)23(3,14-25)15-33-22(29)35-17-24(4,20(27)30-6-2)16-34-21(28)32-13-18-10-8-7-9-11-18;1-3-4-12-7(10)9(2)5-13-8(11)14-6-9;1-3-11-6(9)8(2)4-12-7(10)13-5-8;8-6-7-4-2-1-3-5-7;;/h5,7-11,25H,1,6,12-17H2,2-4H3;3H,1,4-6H2,2H3;3-5H2,1-2H3;1-5,8H,6H2;2*1H4. The van der Waals surface area contributed by atoms with Crippen molar-refractivity contribution in [1.29, 1.82) is 0 Å². The number of aliphatic hydroxyl groups excluding tert-OH is 2. The molecule has 22 nitrogen and oxygen atoms in total. The molecule has 2 aliphatic heterocycles. The molecule has 0 saturated carbocycles. The molecule has 404 valence electrons. The Bertz CT molecular complexity index is 1970. The predicted molar refractivity (Wildman–Crippen MR) is 255 cm³/mol. The Morgan fingerprint density at radius 3 is 1.33 bits per heavy atom. The summed E-state index contributed by atoms with van der Waals surface area (Å²) in [6.45, 7) is 14.4. The van der Waals surface area contributed by atoms with E-state index >= 15 is 0 Å². The van der Waals surface area contributed by atoms with Crippen LogP contribution in [-0.2, 0) is 89.2 Å². The van der Waals surface area contributed by atoms with Gasteiger partial charge in [-0.05, 0) is 52.7 Å². The minimum atomic E-state index is -1.57. The third-order valence-corrected chi connectivity index (χ3v) is 9.32. The molecule has 2 saturated heterocycles. The normalized spacial score (nSPS) is 15.1. The summed E-state index contributed by atoms with van der Waals surface area (Å²) in [4.78, 5) is 92.4. The van der Waals surface area contributed by atoms with Gasteiger partial charge in [0.15, 0.2) is 0 Å². The Hall–Kier alpha value is -7.20. The molecule has 0 bridgehead atoms. The van der Waals surface area contributed by atoms with Gasteiger partial charge in [0.1, 0.15) is 87.7 Å². The van der Waals surface area contributed by atoms with Crippen LogP contribution in [-0.4, -0.2) is 138 Å². The second-order valence-corrected chi connectivity index (χ2v) is 16.1. The molecule has 0 aliphatic carbocycles. The lowest BCUT2D eigenvalue weighted by Crippen LogP contribution is -2.44. The first-order chi connectivity index (χ1) is 33.2. The number of cyclic esters (lactones) is 4. The van der Waals surface area contributed by atoms with Crippen molar-refractivity contribution in [2.45, 2.75) is 69.6 Å². The number of carbonyl (C=O) groups excluding carboxylic acids is 8. The van der Waals surface area contributed by atoms with Crippen molar-refractivity contribution in [2.24, 2.45) is 21.7 Å². The Kier molecular flexibility index (Phi) is 32.5. The van der Waals surface area contributed by atoms with Crippen LogP contribution in [0.25, 0.3) is 0 Å². The first-order valence-corrected chi connectivity index (χ1v) is 21.6. The van der Waals surface area contributed by atoms with Crippen molar-refractivity contribution in [3.63, 3.8) is 0 Å². The summed E-state index contributed by atoms with van der Waals surface area (Å²) in [5, 5.41) is 18.1. The highest BCUT2D eigenvalue weighted by atomic mass is 16.8. The molecule has 0 aromatic heterocycles. The lowest BCUT2D eigenvalue weighted by Gasteiger charge is -2.29. The van der Waals surface area contributed by atoms with Gasteiger partial charge < -0.3 is 67.1 Å². The van der Waals surface area contributed by atoms with Crippen LogP contribution in [0, 0.1) is 21.7 Å². The van der Waals surface area contributed by atoms with E-state index in [-0.39, 0.29) is 74.3 Å². The van der Waals surface area contributed by atoms with Gasteiger partial charge in [0, 0.05) is 0 Å². The fourth-order valence-corrected chi connectivity index (χ4v) is 4.87. The van der Waals surface area contributed by atoms with E-state index in [1.165, 1.54) is 26.0 Å². The number of esters is 4. The summed E-state index contributed by atoms with van der Waals surface area (Å²) in [6.07, 6.45) is -0.912. The number of benzene rings is 2. The summed E-state index contributed by atoms with van der Waals surface area (Å²) < 4.78 is 57.9. The van der Waals surface area contributed by atoms with Crippen LogP contribution in [0.1, 0.15) is 67.5 Å². The molecule has 2 atom stereocenters. The lowest BCUT2D eigenvalue weighted by molar-refractivity contribution is -0.166. The second kappa shape index (κ2) is 35.0.